The van der Waals surface area contributed by atoms with Gasteiger partial charge in [0.2, 0.25) is 0 Å². The standard InChI is InChI=1S/C14H14N4O2S/c1-20-11-7-5-10(6-8-11)17-14(21)18(15)13(19)12-4-2-3-9-16-12/h2-9H,15H2,1H3,(H,17,21). The molecule has 6 nitrogen and oxygen atoms in total. The Morgan fingerprint density at radius 3 is 2.57 bits per heavy atom. The average Bonchev–Trinajstić information content (AvgIpc) is 2.55. The van der Waals surface area contributed by atoms with E-state index >= 15 is 0 Å². The highest BCUT2D eigenvalue weighted by molar-refractivity contribution is 7.80. The molecule has 2 rings (SSSR count). The summed E-state index contributed by atoms with van der Waals surface area (Å²) in [5.41, 5.74) is 0.920. The first-order valence-electron chi connectivity index (χ1n) is 6.07. The third-order valence-electron chi connectivity index (χ3n) is 2.66. The van der Waals surface area contributed by atoms with E-state index in [1.165, 1.54) is 6.20 Å². The van der Waals surface area contributed by atoms with E-state index in [4.69, 9.17) is 22.8 Å². The summed E-state index contributed by atoms with van der Waals surface area (Å²) in [5, 5.41) is 3.80. The summed E-state index contributed by atoms with van der Waals surface area (Å²) in [4.78, 5) is 16.0. The lowest BCUT2D eigenvalue weighted by Gasteiger charge is -2.18. The molecule has 1 heterocycles. The molecular weight excluding hydrogens is 288 g/mol. The second-order valence-electron chi connectivity index (χ2n) is 4.05. The highest BCUT2D eigenvalue weighted by Gasteiger charge is 2.17. The van der Waals surface area contributed by atoms with Crippen LogP contribution in [-0.2, 0) is 0 Å². The largest absolute Gasteiger partial charge is 0.497 e. The van der Waals surface area contributed by atoms with Gasteiger partial charge in [0, 0.05) is 11.9 Å². The number of anilines is 1. The molecule has 0 aliphatic carbocycles. The summed E-state index contributed by atoms with van der Waals surface area (Å²) in [6, 6.07) is 12.1. The molecule has 1 aromatic heterocycles. The lowest BCUT2D eigenvalue weighted by Crippen LogP contribution is -2.45. The van der Waals surface area contributed by atoms with Crippen molar-refractivity contribution >= 4 is 28.9 Å². The number of rotatable bonds is 3. The molecule has 0 aliphatic rings. The fourth-order valence-corrected chi connectivity index (χ4v) is 1.76. The van der Waals surface area contributed by atoms with Gasteiger partial charge in [0.25, 0.3) is 5.91 Å². The predicted octanol–water partition coefficient (Wildman–Crippen LogP) is 1.80. The van der Waals surface area contributed by atoms with Crippen LogP contribution in [0.4, 0.5) is 5.69 Å². The predicted molar refractivity (Wildman–Crippen MR) is 83.8 cm³/mol. The first-order valence-corrected chi connectivity index (χ1v) is 6.48. The Labute approximate surface area is 127 Å². The van der Waals surface area contributed by atoms with E-state index in [-0.39, 0.29) is 10.8 Å². The molecule has 0 atom stereocenters. The minimum atomic E-state index is -0.485. The van der Waals surface area contributed by atoms with Gasteiger partial charge >= 0.3 is 0 Å². The Morgan fingerprint density at radius 1 is 1.29 bits per heavy atom. The molecule has 0 bridgehead atoms. The summed E-state index contributed by atoms with van der Waals surface area (Å²) < 4.78 is 5.06. The molecule has 108 valence electrons. The Hall–Kier alpha value is -2.51. The maximum absolute atomic E-state index is 12.1. The van der Waals surface area contributed by atoms with Crippen LogP contribution in [0.1, 0.15) is 10.5 Å². The van der Waals surface area contributed by atoms with Crippen LogP contribution >= 0.6 is 12.2 Å². The molecule has 21 heavy (non-hydrogen) atoms. The average molecular weight is 302 g/mol. The maximum atomic E-state index is 12.1. The summed E-state index contributed by atoms with van der Waals surface area (Å²) >= 11 is 5.11. The van der Waals surface area contributed by atoms with Crippen molar-refractivity contribution in [3.8, 4) is 5.75 Å². The van der Waals surface area contributed by atoms with Crippen molar-refractivity contribution in [3.63, 3.8) is 0 Å². The Bertz CT molecular complexity index is 631. The van der Waals surface area contributed by atoms with Crippen molar-refractivity contribution < 1.29 is 9.53 Å². The van der Waals surface area contributed by atoms with E-state index in [9.17, 15) is 4.79 Å². The normalized spacial score (nSPS) is 9.81. The molecule has 0 unspecified atom stereocenters. The lowest BCUT2D eigenvalue weighted by molar-refractivity contribution is 0.0844. The van der Waals surface area contributed by atoms with Crippen molar-refractivity contribution in [3.05, 3.63) is 54.4 Å². The molecule has 0 aliphatic heterocycles. The highest BCUT2D eigenvalue weighted by atomic mass is 32.1. The number of carbonyl (C=O) groups excluding carboxylic acids is 1. The zero-order valence-electron chi connectivity index (χ0n) is 11.3. The van der Waals surface area contributed by atoms with Gasteiger partial charge in [0.1, 0.15) is 11.4 Å². The fraction of sp³-hybridized carbons (Fsp3) is 0.0714. The molecule has 0 saturated heterocycles. The van der Waals surface area contributed by atoms with Crippen LogP contribution in [0.3, 0.4) is 0 Å². The number of methoxy groups -OCH3 is 1. The van der Waals surface area contributed by atoms with Crippen LogP contribution in [0.2, 0.25) is 0 Å². The number of thiocarbonyl (C=S) groups is 1. The van der Waals surface area contributed by atoms with Crippen molar-refractivity contribution in [2.45, 2.75) is 0 Å². The van der Waals surface area contributed by atoms with Gasteiger partial charge in [0.15, 0.2) is 5.11 Å². The number of nitrogens with one attached hydrogen (secondary N) is 1. The minimum absolute atomic E-state index is 0.0795. The number of carbonyl (C=O) groups is 1. The van der Waals surface area contributed by atoms with E-state index in [1.807, 2.05) is 0 Å². The molecule has 0 fully saturated rings. The van der Waals surface area contributed by atoms with Crippen molar-refractivity contribution in [2.75, 3.05) is 12.4 Å². The molecule has 3 N–H and O–H groups in total. The third kappa shape index (κ3) is 3.74. The highest BCUT2D eigenvalue weighted by Crippen LogP contribution is 2.15. The maximum Gasteiger partial charge on any atom is 0.292 e. The second kappa shape index (κ2) is 6.78. The van der Waals surface area contributed by atoms with Gasteiger partial charge in [-0.25, -0.2) is 10.9 Å². The Morgan fingerprint density at radius 2 is 2.00 bits per heavy atom. The van der Waals surface area contributed by atoms with Crippen molar-refractivity contribution in [2.24, 2.45) is 5.84 Å². The van der Waals surface area contributed by atoms with Gasteiger partial charge in [0.05, 0.1) is 7.11 Å². The number of nitrogens with two attached hydrogens (primary N) is 1. The van der Waals surface area contributed by atoms with Gasteiger partial charge in [-0.3, -0.25) is 9.78 Å². The first-order chi connectivity index (χ1) is 10.1. The van der Waals surface area contributed by atoms with Crippen LogP contribution < -0.4 is 15.9 Å². The summed E-state index contributed by atoms with van der Waals surface area (Å²) in [6.45, 7) is 0. The Balaban J connectivity index is 2.03. The number of amides is 1. The molecule has 2 aromatic rings. The number of hydrogen-bond donors (Lipinski definition) is 2. The van der Waals surface area contributed by atoms with Gasteiger partial charge in [-0.05, 0) is 48.6 Å². The number of aromatic nitrogens is 1. The fourth-order valence-electron chi connectivity index (χ4n) is 1.56. The summed E-state index contributed by atoms with van der Waals surface area (Å²) in [7, 11) is 1.58. The zero-order valence-corrected chi connectivity index (χ0v) is 12.1. The number of hydrazine groups is 1. The quantitative estimate of drug-likeness (QED) is 0.389. The molecular formula is C14H14N4O2S. The van der Waals surface area contributed by atoms with Gasteiger partial charge in [-0.15, -0.1) is 0 Å². The smallest absolute Gasteiger partial charge is 0.292 e. The molecule has 0 spiro atoms. The number of nitrogens with zero attached hydrogens (tertiary/aromatic N) is 2. The van der Waals surface area contributed by atoms with Crippen molar-refractivity contribution in [1.29, 1.82) is 0 Å². The van der Waals surface area contributed by atoms with E-state index < -0.39 is 5.91 Å². The van der Waals surface area contributed by atoms with Gasteiger partial charge < -0.3 is 10.1 Å². The summed E-state index contributed by atoms with van der Waals surface area (Å²) in [5.74, 6) is 5.95. The van der Waals surface area contributed by atoms with Gasteiger partial charge in [-0.1, -0.05) is 6.07 Å². The molecule has 0 saturated carbocycles. The monoisotopic (exact) mass is 302 g/mol. The molecule has 7 heteroatoms. The van der Waals surface area contributed by atoms with E-state index in [0.29, 0.717) is 5.69 Å². The number of benzene rings is 1. The lowest BCUT2D eigenvalue weighted by atomic mass is 10.3. The van der Waals surface area contributed by atoms with Gasteiger partial charge in [-0.2, -0.15) is 0 Å². The second-order valence-corrected chi connectivity index (χ2v) is 4.44. The SMILES string of the molecule is COc1ccc(NC(=S)N(N)C(=O)c2ccccn2)cc1. The topological polar surface area (TPSA) is 80.5 Å². The third-order valence-corrected chi connectivity index (χ3v) is 2.96. The van der Waals surface area contributed by atoms with Crippen molar-refractivity contribution in [1.82, 2.24) is 9.99 Å². The van der Waals surface area contributed by atoms with Crippen LogP contribution in [0.25, 0.3) is 0 Å². The molecule has 1 amide bonds. The van der Waals surface area contributed by atoms with Crippen LogP contribution in [0.15, 0.2) is 48.7 Å². The molecule has 1 aromatic carbocycles. The number of pyridine rings is 1. The summed E-state index contributed by atoms with van der Waals surface area (Å²) in [6.07, 6.45) is 1.51. The zero-order chi connectivity index (χ0) is 15.2. The van der Waals surface area contributed by atoms with Crippen LogP contribution in [0, 0.1) is 0 Å². The van der Waals surface area contributed by atoms with E-state index in [1.54, 1.807) is 49.6 Å². The first kappa shape index (κ1) is 14.9. The minimum Gasteiger partial charge on any atom is -0.497 e. The molecule has 0 radical (unpaired) electrons. The van der Waals surface area contributed by atoms with E-state index in [2.05, 4.69) is 10.3 Å². The number of hydrogen-bond acceptors (Lipinski definition) is 5. The van der Waals surface area contributed by atoms with Crippen LogP contribution in [-0.4, -0.2) is 28.1 Å². The van der Waals surface area contributed by atoms with Crippen LogP contribution in [0.5, 0.6) is 5.75 Å². The Kier molecular flexibility index (Phi) is 4.81. The number of ether oxygens (including phenoxy) is 1. The van der Waals surface area contributed by atoms with E-state index in [0.717, 1.165) is 10.8 Å².